The Morgan fingerprint density at radius 2 is 2.19 bits per heavy atom. The number of halogens is 1. The maximum absolute atomic E-state index is 13.6. The van der Waals surface area contributed by atoms with Gasteiger partial charge in [0.2, 0.25) is 0 Å². The molecule has 0 aliphatic carbocycles. The fourth-order valence-corrected chi connectivity index (χ4v) is 3.49. The van der Waals surface area contributed by atoms with E-state index in [0.29, 0.717) is 16.7 Å². The van der Waals surface area contributed by atoms with E-state index in [1.165, 1.54) is 36.3 Å². The molecule has 0 amide bonds. The standard InChI is InChI=1S/C14H12FN3OS2/c1-19-11-3-2-8(6-10(11)15)7-21-14-17-12(16)9-4-5-20-13(9)18-14/h2-6H,7H2,1H3,(H2,16,17,18). The third-order valence-electron chi connectivity index (χ3n) is 2.92. The van der Waals surface area contributed by atoms with Crippen molar-refractivity contribution < 1.29 is 9.13 Å². The molecule has 0 atom stereocenters. The lowest BCUT2D eigenvalue weighted by Gasteiger charge is -2.05. The van der Waals surface area contributed by atoms with Gasteiger partial charge in [0.1, 0.15) is 10.6 Å². The summed E-state index contributed by atoms with van der Waals surface area (Å²) in [6.45, 7) is 0. The average Bonchev–Trinajstić information content (AvgIpc) is 2.94. The highest BCUT2D eigenvalue weighted by molar-refractivity contribution is 7.98. The van der Waals surface area contributed by atoms with E-state index in [1.807, 2.05) is 17.5 Å². The molecule has 0 unspecified atom stereocenters. The first kappa shape index (κ1) is 14.1. The Kier molecular flexibility index (Phi) is 3.94. The van der Waals surface area contributed by atoms with E-state index >= 15 is 0 Å². The zero-order valence-corrected chi connectivity index (χ0v) is 12.8. The van der Waals surface area contributed by atoms with Gasteiger partial charge in [-0.2, -0.15) is 0 Å². The summed E-state index contributed by atoms with van der Waals surface area (Å²) >= 11 is 2.95. The molecular formula is C14H12FN3OS2. The Bertz CT molecular complexity index is 791. The fraction of sp³-hybridized carbons (Fsp3) is 0.143. The number of fused-ring (bicyclic) bond motifs is 1. The van der Waals surface area contributed by atoms with Crippen LogP contribution in [0.25, 0.3) is 10.2 Å². The first-order chi connectivity index (χ1) is 10.2. The van der Waals surface area contributed by atoms with Crippen LogP contribution >= 0.6 is 23.1 Å². The lowest BCUT2D eigenvalue weighted by atomic mass is 10.2. The van der Waals surface area contributed by atoms with Crippen LogP contribution in [-0.2, 0) is 5.75 Å². The first-order valence-electron chi connectivity index (χ1n) is 6.13. The normalized spacial score (nSPS) is 11.0. The average molecular weight is 321 g/mol. The number of nitrogens with two attached hydrogens (primary N) is 1. The molecule has 21 heavy (non-hydrogen) atoms. The molecule has 3 rings (SSSR count). The van der Waals surface area contributed by atoms with Gasteiger partial charge in [-0.1, -0.05) is 17.8 Å². The number of ether oxygens (including phenoxy) is 1. The van der Waals surface area contributed by atoms with Crippen molar-refractivity contribution in [1.29, 1.82) is 0 Å². The van der Waals surface area contributed by atoms with Gasteiger partial charge in [-0.15, -0.1) is 11.3 Å². The molecule has 0 saturated carbocycles. The van der Waals surface area contributed by atoms with E-state index in [-0.39, 0.29) is 11.6 Å². The number of thiophene rings is 1. The number of thioether (sulfide) groups is 1. The molecule has 0 fully saturated rings. The Hall–Kier alpha value is -1.86. The molecule has 4 nitrogen and oxygen atoms in total. The summed E-state index contributed by atoms with van der Waals surface area (Å²) in [4.78, 5) is 9.57. The Labute approximate surface area is 129 Å². The van der Waals surface area contributed by atoms with E-state index in [2.05, 4.69) is 9.97 Å². The quantitative estimate of drug-likeness (QED) is 0.586. The van der Waals surface area contributed by atoms with Gasteiger partial charge in [-0.3, -0.25) is 0 Å². The Morgan fingerprint density at radius 1 is 1.33 bits per heavy atom. The SMILES string of the molecule is COc1ccc(CSc2nc(N)c3ccsc3n2)cc1F. The fourth-order valence-electron chi connectivity index (χ4n) is 1.87. The smallest absolute Gasteiger partial charge is 0.191 e. The number of hydrogen-bond acceptors (Lipinski definition) is 6. The highest BCUT2D eigenvalue weighted by Gasteiger charge is 2.08. The van der Waals surface area contributed by atoms with Gasteiger partial charge in [0.15, 0.2) is 16.7 Å². The van der Waals surface area contributed by atoms with Gasteiger partial charge < -0.3 is 10.5 Å². The number of aromatic nitrogens is 2. The minimum atomic E-state index is -0.371. The predicted octanol–water partition coefficient (Wildman–Crippen LogP) is 3.71. The first-order valence-corrected chi connectivity index (χ1v) is 8.00. The van der Waals surface area contributed by atoms with Crippen molar-refractivity contribution in [3.8, 4) is 5.75 Å². The molecule has 3 aromatic rings. The van der Waals surface area contributed by atoms with E-state index in [0.717, 1.165) is 15.8 Å². The predicted molar refractivity (Wildman–Crippen MR) is 84.3 cm³/mol. The van der Waals surface area contributed by atoms with Crippen LogP contribution in [0.5, 0.6) is 5.75 Å². The van der Waals surface area contributed by atoms with Gasteiger partial charge in [-0.05, 0) is 29.1 Å². The van der Waals surface area contributed by atoms with Crippen LogP contribution in [0.4, 0.5) is 10.2 Å². The molecule has 0 radical (unpaired) electrons. The van der Waals surface area contributed by atoms with Crippen LogP contribution in [0.15, 0.2) is 34.8 Å². The highest BCUT2D eigenvalue weighted by Crippen LogP contribution is 2.28. The number of nitrogens with zero attached hydrogens (tertiary/aromatic N) is 2. The Balaban J connectivity index is 1.78. The largest absolute Gasteiger partial charge is 0.494 e. The number of benzene rings is 1. The molecule has 0 spiro atoms. The van der Waals surface area contributed by atoms with Crippen molar-refractivity contribution >= 4 is 39.1 Å². The van der Waals surface area contributed by atoms with Crippen molar-refractivity contribution in [2.75, 3.05) is 12.8 Å². The van der Waals surface area contributed by atoms with Gasteiger partial charge in [0.05, 0.1) is 12.5 Å². The lowest BCUT2D eigenvalue weighted by Crippen LogP contribution is -1.95. The van der Waals surface area contributed by atoms with E-state index < -0.39 is 0 Å². The van der Waals surface area contributed by atoms with Gasteiger partial charge >= 0.3 is 0 Å². The molecule has 0 aliphatic heterocycles. The minimum absolute atomic E-state index is 0.240. The lowest BCUT2D eigenvalue weighted by molar-refractivity contribution is 0.386. The zero-order valence-electron chi connectivity index (χ0n) is 11.2. The van der Waals surface area contributed by atoms with Crippen molar-refractivity contribution in [2.24, 2.45) is 0 Å². The van der Waals surface area contributed by atoms with Gasteiger partial charge in [-0.25, -0.2) is 14.4 Å². The van der Waals surface area contributed by atoms with Crippen LogP contribution in [0.1, 0.15) is 5.56 Å². The summed E-state index contributed by atoms with van der Waals surface area (Å²) in [6, 6.07) is 6.80. The van der Waals surface area contributed by atoms with Crippen molar-refractivity contribution in [1.82, 2.24) is 9.97 Å². The molecule has 2 N–H and O–H groups in total. The maximum atomic E-state index is 13.6. The van der Waals surface area contributed by atoms with E-state index in [1.54, 1.807) is 6.07 Å². The minimum Gasteiger partial charge on any atom is -0.494 e. The van der Waals surface area contributed by atoms with Gasteiger partial charge in [0, 0.05) is 5.75 Å². The molecule has 7 heteroatoms. The molecule has 2 heterocycles. The van der Waals surface area contributed by atoms with Crippen LogP contribution in [-0.4, -0.2) is 17.1 Å². The van der Waals surface area contributed by atoms with Crippen molar-refractivity contribution in [3.63, 3.8) is 0 Å². The van der Waals surface area contributed by atoms with Crippen LogP contribution < -0.4 is 10.5 Å². The zero-order chi connectivity index (χ0) is 14.8. The van der Waals surface area contributed by atoms with Crippen molar-refractivity contribution in [2.45, 2.75) is 10.9 Å². The molecule has 2 aromatic heterocycles. The monoisotopic (exact) mass is 321 g/mol. The van der Waals surface area contributed by atoms with Crippen LogP contribution in [0, 0.1) is 5.82 Å². The van der Waals surface area contributed by atoms with Gasteiger partial charge in [0.25, 0.3) is 0 Å². The molecule has 0 saturated heterocycles. The Morgan fingerprint density at radius 3 is 2.95 bits per heavy atom. The third-order valence-corrected chi connectivity index (χ3v) is 4.64. The topological polar surface area (TPSA) is 61.0 Å². The number of hydrogen-bond donors (Lipinski definition) is 1. The van der Waals surface area contributed by atoms with E-state index in [4.69, 9.17) is 10.5 Å². The number of anilines is 1. The third kappa shape index (κ3) is 2.93. The second-order valence-electron chi connectivity index (χ2n) is 4.29. The number of rotatable bonds is 4. The maximum Gasteiger partial charge on any atom is 0.191 e. The summed E-state index contributed by atoms with van der Waals surface area (Å²) < 4.78 is 18.5. The molecule has 108 valence electrons. The number of methoxy groups -OCH3 is 1. The highest BCUT2D eigenvalue weighted by atomic mass is 32.2. The summed E-state index contributed by atoms with van der Waals surface area (Å²) in [5, 5.41) is 3.40. The van der Waals surface area contributed by atoms with Crippen LogP contribution in [0.3, 0.4) is 0 Å². The van der Waals surface area contributed by atoms with E-state index in [9.17, 15) is 4.39 Å². The summed E-state index contributed by atoms with van der Waals surface area (Å²) in [5.41, 5.74) is 6.74. The second-order valence-corrected chi connectivity index (χ2v) is 6.13. The molecule has 0 bridgehead atoms. The number of nitrogen functional groups attached to an aromatic ring is 1. The van der Waals surface area contributed by atoms with Crippen LogP contribution in [0.2, 0.25) is 0 Å². The molecular weight excluding hydrogens is 309 g/mol. The van der Waals surface area contributed by atoms with Crippen molar-refractivity contribution in [3.05, 3.63) is 41.0 Å². The molecule has 1 aromatic carbocycles. The second kappa shape index (κ2) is 5.87. The summed E-state index contributed by atoms with van der Waals surface area (Å²) in [6.07, 6.45) is 0. The molecule has 0 aliphatic rings. The summed E-state index contributed by atoms with van der Waals surface area (Å²) in [5.74, 6) is 0.913. The summed E-state index contributed by atoms with van der Waals surface area (Å²) in [7, 11) is 1.44.